The Balaban J connectivity index is 2.58. The van der Waals surface area contributed by atoms with Crippen LogP contribution in [0.5, 0.6) is 0 Å². The van der Waals surface area contributed by atoms with Crippen molar-refractivity contribution < 1.29 is 0 Å². The lowest BCUT2D eigenvalue weighted by Gasteiger charge is -2.02. The number of nitrogens with one attached hydrogen (secondary N) is 1. The highest BCUT2D eigenvalue weighted by Crippen LogP contribution is 2.25. The summed E-state index contributed by atoms with van der Waals surface area (Å²) in [7, 11) is 0. The second kappa shape index (κ2) is 4.09. The number of H-pyrrole nitrogens is 1. The van der Waals surface area contributed by atoms with Crippen molar-refractivity contribution in [3.8, 4) is 11.1 Å². The monoisotopic (exact) mass is 239 g/mol. The Morgan fingerprint density at radius 2 is 1.60 bits per heavy atom. The van der Waals surface area contributed by atoms with E-state index in [0.717, 1.165) is 11.1 Å². The molecule has 0 spiro atoms. The van der Waals surface area contributed by atoms with E-state index in [1.54, 1.807) is 30.5 Å². The maximum absolute atomic E-state index is 11.1. The van der Waals surface area contributed by atoms with Gasteiger partial charge >= 0.3 is 0 Å². The molecule has 1 aromatic carbocycles. The van der Waals surface area contributed by atoms with Gasteiger partial charge in [0.15, 0.2) is 0 Å². The average molecular weight is 240 g/mol. The normalized spacial score (nSPS) is 10.3. The summed E-state index contributed by atoms with van der Waals surface area (Å²) in [5.41, 5.74) is 1.48. The maximum Gasteiger partial charge on any atom is 0.248 e. The van der Waals surface area contributed by atoms with Gasteiger partial charge in [0.25, 0.3) is 0 Å². The zero-order valence-electron chi connectivity index (χ0n) is 7.63. The molecule has 0 unspecified atom stereocenters. The molecule has 0 bridgehead atoms. The largest absolute Gasteiger partial charge is 0.329 e. The molecule has 2 rings (SSSR count). The highest BCUT2D eigenvalue weighted by Gasteiger charge is 2.01. The van der Waals surface area contributed by atoms with E-state index in [9.17, 15) is 4.79 Å². The van der Waals surface area contributed by atoms with Crippen molar-refractivity contribution in [3.63, 3.8) is 0 Å². The Bertz CT molecular complexity index is 528. The Kier molecular flexibility index (Phi) is 2.80. The molecular formula is C11H7Cl2NO. The number of rotatable bonds is 1. The first-order valence-electron chi connectivity index (χ1n) is 4.30. The first kappa shape index (κ1) is 10.3. The topological polar surface area (TPSA) is 32.9 Å². The lowest BCUT2D eigenvalue weighted by Crippen LogP contribution is -2.01. The van der Waals surface area contributed by atoms with Crippen LogP contribution in [0.25, 0.3) is 11.1 Å². The molecule has 0 radical (unpaired) electrons. The van der Waals surface area contributed by atoms with Crippen LogP contribution in [0.4, 0.5) is 0 Å². The maximum atomic E-state index is 11.1. The lowest BCUT2D eigenvalue weighted by atomic mass is 10.1. The zero-order valence-corrected chi connectivity index (χ0v) is 9.14. The van der Waals surface area contributed by atoms with E-state index in [-0.39, 0.29) is 5.56 Å². The van der Waals surface area contributed by atoms with E-state index < -0.39 is 0 Å². The van der Waals surface area contributed by atoms with Gasteiger partial charge in [-0.3, -0.25) is 4.79 Å². The molecule has 0 aliphatic heterocycles. The van der Waals surface area contributed by atoms with Gasteiger partial charge in [-0.1, -0.05) is 23.2 Å². The van der Waals surface area contributed by atoms with Crippen molar-refractivity contribution in [2.45, 2.75) is 0 Å². The van der Waals surface area contributed by atoms with E-state index in [1.165, 1.54) is 6.07 Å². The molecule has 0 aliphatic carbocycles. The number of benzene rings is 1. The average Bonchev–Trinajstić information content (AvgIpc) is 2.16. The molecule has 2 aromatic rings. The van der Waals surface area contributed by atoms with Crippen LogP contribution < -0.4 is 5.56 Å². The van der Waals surface area contributed by atoms with Gasteiger partial charge in [0.05, 0.1) is 0 Å². The number of hydrogen-bond donors (Lipinski definition) is 1. The van der Waals surface area contributed by atoms with Gasteiger partial charge in [0.1, 0.15) is 0 Å². The number of halogens is 2. The summed E-state index contributed by atoms with van der Waals surface area (Å²) < 4.78 is 0. The van der Waals surface area contributed by atoms with Gasteiger partial charge < -0.3 is 4.98 Å². The van der Waals surface area contributed by atoms with Crippen LogP contribution in [0.1, 0.15) is 0 Å². The van der Waals surface area contributed by atoms with Crippen LogP contribution >= 0.6 is 23.2 Å². The number of pyridine rings is 1. The SMILES string of the molecule is O=c1cc(-c2cc(Cl)cc(Cl)c2)cc[nH]1. The summed E-state index contributed by atoms with van der Waals surface area (Å²) in [5.74, 6) is 0. The molecule has 0 amide bonds. The Morgan fingerprint density at radius 1 is 0.933 bits per heavy atom. The summed E-state index contributed by atoms with van der Waals surface area (Å²) in [6.07, 6.45) is 1.59. The van der Waals surface area contributed by atoms with E-state index in [0.29, 0.717) is 10.0 Å². The van der Waals surface area contributed by atoms with E-state index in [1.807, 2.05) is 0 Å². The van der Waals surface area contributed by atoms with Crippen molar-refractivity contribution in [3.05, 3.63) is 56.9 Å². The zero-order chi connectivity index (χ0) is 10.8. The Hall–Kier alpha value is -1.25. The molecule has 0 saturated heterocycles. The molecule has 76 valence electrons. The summed E-state index contributed by atoms with van der Waals surface area (Å²) in [4.78, 5) is 13.7. The van der Waals surface area contributed by atoms with Crippen LogP contribution in [0.15, 0.2) is 41.3 Å². The third-order valence-corrected chi connectivity index (χ3v) is 2.41. The fourth-order valence-corrected chi connectivity index (χ4v) is 1.87. The van der Waals surface area contributed by atoms with Crippen LogP contribution in [0.3, 0.4) is 0 Å². The molecule has 15 heavy (non-hydrogen) atoms. The van der Waals surface area contributed by atoms with Crippen LogP contribution in [0.2, 0.25) is 10.0 Å². The molecule has 0 saturated carbocycles. The number of aromatic nitrogens is 1. The lowest BCUT2D eigenvalue weighted by molar-refractivity contribution is 1.24. The van der Waals surface area contributed by atoms with Gasteiger partial charge in [-0.2, -0.15) is 0 Å². The minimum Gasteiger partial charge on any atom is -0.329 e. The van der Waals surface area contributed by atoms with E-state index in [2.05, 4.69) is 4.98 Å². The fourth-order valence-electron chi connectivity index (χ4n) is 1.34. The summed E-state index contributed by atoms with van der Waals surface area (Å²) in [6.45, 7) is 0. The fraction of sp³-hybridized carbons (Fsp3) is 0. The first-order valence-corrected chi connectivity index (χ1v) is 5.06. The predicted octanol–water partition coefficient (Wildman–Crippen LogP) is 3.35. The summed E-state index contributed by atoms with van der Waals surface area (Å²) in [5, 5.41) is 1.11. The third kappa shape index (κ3) is 2.41. The van der Waals surface area contributed by atoms with E-state index >= 15 is 0 Å². The smallest absolute Gasteiger partial charge is 0.248 e. The Morgan fingerprint density at radius 3 is 2.20 bits per heavy atom. The Labute approximate surface area is 96.5 Å². The second-order valence-electron chi connectivity index (χ2n) is 3.10. The van der Waals surface area contributed by atoms with Gasteiger partial charge in [-0.05, 0) is 35.4 Å². The van der Waals surface area contributed by atoms with Crippen molar-refractivity contribution in [1.29, 1.82) is 0 Å². The first-order chi connectivity index (χ1) is 7.15. The molecule has 1 heterocycles. The quantitative estimate of drug-likeness (QED) is 0.814. The molecule has 4 heteroatoms. The molecule has 0 fully saturated rings. The molecule has 0 atom stereocenters. The number of hydrogen-bond acceptors (Lipinski definition) is 1. The van der Waals surface area contributed by atoms with Crippen molar-refractivity contribution >= 4 is 23.2 Å². The highest BCUT2D eigenvalue weighted by atomic mass is 35.5. The van der Waals surface area contributed by atoms with Gasteiger partial charge in [-0.25, -0.2) is 0 Å². The van der Waals surface area contributed by atoms with Crippen molar-refractivity contribution in [2.75, 3.05) is 0 Å². The van der Waals surface area contributed by atoms with Gasteiger partial charge in [0.2, 0.25) is 5.56 Å². The molecule has 1 N–H and O–H groups in total. The molecule has 1 aromatic heterocycles. The standard InChI is InChI=1S/C11H7Cl2NO/c12-9-3-8(4-10(13)6-9)7-1-2-14-11(15)5-7/h1-6H,(H,14,15). The highest BCUT2D eigenvalue weighted by molar-refractivity contribution is 6.35. The summed E-state index contributed by atoms with van der Waals surface area (Å²) in [6, 6.07) is 8.48. The van der Waals surface area contributed by atoms with Crippen LogP contribution in [-0.2, 0) is 0 Å². The third-order valence-electron chi connectivity index (χ3n) is 1.97. The van der Waals surface area contributed by atoms with Gasteiger partial charge in [0, 0.05) is 22.3 Å². The minimum absolute atomic E-state index is 0.149. The van der Waals surface area contributed by atoms with E-state index in [4.69, 9.17) is 23.2 Å². The predicted molar refractivity (Wildman–Crippen MR) is 62.5 cm³/mol. The number of aromatic amines is 1. The van der Waals surface area contributed by atoms with Crippen molar-refractivity contribution in [2.24, 2.45) is 0 Å². The summed E-state index contributed by atoms with van der Waals surface area (Å²) >= 11 is 11.7. The molecule has 0 aliphatic rings. The second-order valence-corrected chi connectivity index (χ2v) is 3.97. The van der Waals surface area contributed by atoms with Crippen LogP contribution in [0, 0.1) is 0 Å². The van der Waals surface area contributed by atoms with Crippen LogP contribution in [-0.4, -0.2) is 4.98 Å². The van der Waals surface area contributed by atoms with Crippen molar-refractivity contribution in [1.82, 2.24) is 4.98 Å². The molecular weight excluding hydrogens is 233 g/mol. The minimum atomic E-state index is -0.149. The van der Waals surface area contributed by atoms with Gasteiger partial charge in [-0.15, -0.1) is 0 Å². The molecule has 2 nitrogen and oxygen atoms in total.